The summed E-state index contributed by atoms with van der Waals surface area (Å²) in [5.41, 5.74) is 0. The van der Waals surface area contributed by atoms with E-state index in [0.717, 1.165) is 17.6 Å². The van der Waals surface area contributed by atoms with E-state index in [1.165, 1.54) is 19.3 Å². The first-order valence-corrected chi connectivity index (χ1v) is 6.61. The van der Waals surface area contributed by atoms with Crippen LogP contribution in [-0.2, 0) is 0 Å². The summed E-state index contributed by atoms with van der Waals surface area (Å²) in [6.07, 6.45) is 5.32. The molecule has 0 radical (unpaired) electrons. The lowest BCUT2D eigenvalue weighted by Crippen LogP contribution is -2.39. The van der Waals surface area contributed by atoms with Gasteiger partial charge in [-0.3, -0.25) is 0 Å². The monoisotopic (exact) mass is 237 g/mol. The van der Waals surface area contributed by atoms with Crippen molar-refractivity contribution in [1.29, 1.82) is 0 Å². The van der Waals surface area contributed by atoms with E-state index in [2.05, 4.69) is 19.2 Å². The second kappa shape index (κ2) is 5.69. The summed E-state index contributed by atoms with van der Waals surface area (Å²) >= 11 is 0. The van der Waals surface area contributed by atoms with Crippen LogP contribution in [0.4, 0.5) is 0 Å². The molecule has 0 saturated heterocycles. The van der Waals surface area contributed by atoms with E-state index in [4.69, 9.17) is 4.42 Å². The van der Waals surface area contributed by atoms with Crippen LogP contribution in [0.1, 0.15) is 44.9 Å². The van der Waals surface area contributed by atoms with Crippen molar-refractivity contribution >= 4 is 0 Å². The molecule has 1 heterocycles. The molecular weight excluding hydrogens is 214 g/mol. The molecule has 2 rings (SSSR count). The maximum Gasteiger partial charge on any atom is 0.123 e. The topological polar surface area (TPSA) is 45.4 Å². The molecule has 0 aliphatic heterocycles. The van der Waals surface area contributed by atoms with Crippen LogP contribution in [0.15, 0.2) is 22.8 Å². The van der Waals surface area contributed by atoms with Gasteiger partial charge in [-0.25, -0.2) is 0 Å². The van der Waals surface area contributed by atoms with Crippen LogP contribution < -0.4 is 5.32 Å². The Labute approximate surface area is 103 Å². The molecule has 1 saturated carbocycles. The highest BCUT2D eigenvalue weighted by atomic mass is 16.3. The van der Waals surface area contributed by atoms with Crippen LogP contribution >= 0.6 is 0 Å². The van der Waals surface area contributed by atoms with E-state index in [-0.39, 0.29) is 12.6 Å². The number of hydrogen-bond acceptors (Lipinski definition) is 3. The molecule has 0 spiro atoms. The Bertz CT molecular complexity index is 323. The van der Waals surface area contributed by atoms with Gasteiger partial charge in [0.1, 0.15) is 5.76 Å². The fourth-order valence-corrected chi connectivity index (χ4v) is 2.70. The van der Waals surface area contributed by atoms with E-state index in [9.17, 15) is 5.11 Å². The average Bonchev–Trinajstić information content (AvgIpc) is 2.84. The molecule has 1 aliphatic carbocycles. The van der Waals surface area contributed by atoms with Crippen molar-refractivity contribution in [3.8, 4) is 0 Å². The molecule has 0 unspecified atom stereocenters. The molecular formula is C14H23NO2. The van der Waals surface area contributed by atoms with E-state index in [1.54, 1.807) is 6.26 Å². The van der Waals surface area contributed by atoms with Gasteiger partial charge in [0.05, 0.1) is 18.9 Å². The second-order valence-corrected chi connectivity index (χ2v) is 5.38. The number of aliphatic hydroxyl groups is 1. The summed E-state index contributed by atoms with van der Waals surface area (Å²) in [6, 6.07) is 4.23. The minimum Gasteiger partial charge on any atom is -0.468 e. The summed E-state index contributed by atoms with van der Waals surface area (Å²) in [6.45, 7) is 4.74. The van der Waals surface area contributed by atoms with Crippen LogP contribution in [0.5, 0.6) is 0 Å². The maximum atomic E-state index is 9.42. The fraction of sp³-hybridized carbons (Fsp3) is 0.714. The van der Waals surface area contributed by atoms with E-state index in [0.29, 0.717) is 6.04 Å². The van der Waals surface area contributed by atoms with Crippen molar-refractivity contribution in [3.05, 3.63) is 24.2 Å². The average molecular weight is 237 g/mol. The van der Waals surface area contributed by atoms with Crippen LogP contribution in [-0.4, -0.2) is 17.8 Å². The highest BCUT2D eigenvalue weighted by molar-refractivity contribution is 5.05. The Morgan fingerprint density at radius 3 is 2.82 bits per heavy atom. The highest BCUT2D eigenvalue weighted by Gasteiger charge is 2.26. The van der Waals surface area contributed by atoms with Crippen molar-refractivity contribution in [2.75, 3.05) is 6.61 Å². The number of hydrogen-bond donors (Lipinski definition) is 2. The predicted molar refractivity (Wildman–Crippen MR) is 67.6 cm³/mol. The molecule has 1 fully saturated rings. The number of furan rings is 1. The molecule has 1 aromatic heterocycles. The smallest absolute Gasteiger partial charge is 0.123 e. The first kappa shape index (κ1) is 12.7. The molecule has 3 heteroatoms. The third-order valence-electron chi connectivity index (χ3n) is 4.10. The van der Waals surface area contributed by atoms with Crippen molar-refractivity contribution in [1.82, 2.24) is 5.32 Å². The van der Waals surface area contributed by atoms with Crippen molar-refractivity contribution < 1.29 is 9.52 Å². The van der Waals surface area contributed by atoms with Crippen LogP contribution in [0, 0.1) is 11.8 Å². The lowest BCUT2D eigenvalue weighted by molar-refractivity contribution is 0.172. The molecule has 0 aromatic carbocycles. The molecule has 1 aliphatic rings. The van der Waals surface area contributed by atoms with Crippen LogP contribution in [0.2, 0.25) is 0 Å². The molecule has 17 heavy (non-hydrogen) atoms. The standard InChI is InChI=1S/C14H23NO2/c1-10-5-6-12(8-11(10)2)15-13(9-16)14-4-3-7-17-14/h3-4,7,10-13,15-16H,5-6,8-9H2,1-2H3/t10-,11-,12+,13+/m1/s1. The Morgan fingerprint density at radius 2 is 2.24 bits per heavy atom. The van der Waals surface area contributed by atoms with Gasteiger partial charge in [-0.15, -0.1) is 0 Å². The summed E-state index contributed by atoms with van der Waals surface area (Å²) in [4.78, 5) is 0. The number of rotatable bonds is 4. The quantitative estimate of drug-likeness (QED) is 0.846. The maximum absolute atomic E-state index is 9.42. The Kier molecular flexibility index (Phi) is 4.24. The third kappa shape index (κ3) is 3.11. The largest absolute Gasteiger partial charge is 0.468 e. The minimum atomic E-state index is -0.0596. The van der Waals surface area contributed by atoms with Gasteiger partial charge in [-0.05, 0) is 43.2 Å². The minimum absolute atomic E-state index is 0.0596. The van der Waals surface area contributed by atoms with Crippen LogP contribution in [0.3, 0.4) is 0 Å². The molecule has 4 atom stereocenters. The van der Waals surface area contributed by atoms with Gasteiger partial charge in [0.2, 0.25) is 0 Å². The van der Waals surface area contributed by atoms with Crippen molar-refractivity contribution in [2.24, 2.45) is 11.8 Å². The Hall–Kier alpha value is -0.800. The molecule has 3 nitrogen and oxygen atoms in total. The summed E-state index contributed by atoms with van der Waals surface area (Å²) in [5.74, 6) is 2.42. The van der Waals surface area contributed by atoms with Crippen LogP contribution in [0.25, 0.3) is 0 Å². The van der Waals surface area contributed by atoms with E-state index in [1.807, 2.05) is 12.1 Å². The number of nitrogens with one attached hydrogen (secondary N) is 1. The highest BCUT2D eigenvalue weighted by Crippen LogP contribution is 2.30. The predicted octanol–water partition coefficient (Wildman–Crippen LogP) is 2.73. The summed E-state index contributed by atoms with van der Waals surface area (Å²) in [5, 5.41) is 12.9. The van der Waals surface area contributed by atoms with Gasteiger partial charge in [0.15, 0.2) is 0 Å². The van der Waals surface area contributed by atoms with E-state index >= 15 is 0 Å². The Balaban J connectivity index is 1.91. The van der Waals surface area contributed by atoms with Gasteiger partial charge in [-0.2, -0.15) is 0 Å². The van der Waals surface area contributed by atoms with Gasteiger partial charge < -0.3 is 14.8 Å². The first-order valence-electron chi connectivity index (χ1n) is 6.61. The zero-order valence-electron chi connectivity index (χ0n) is 10.7. The van der Waals surface area contributed by atoms with Gasteiger partial charge >= 0.3 is 0 Å². The Morgan fingerprint density at radius 1 is 1.41 bits per heavy atom. The zero-order chi connectivity index (χ0) is 12.3. The van der Waals surface area contributed by atoms with E-state index < -0.39 is 0 Å². The van der Waals surface area contributed by atoms with Gasteiger partial charge in [-0.1, -0.05) is 13.8 Å². The van der Waals surface area contributed by atoms with Gasteiger partial charge in [0.25, 0.3) is 0 Å². The molecule has 2 N–H and O–H groups in total. The van der Waals surface area contributed by atoms with Crippen molar-refractivity contribution in [3.63, 3.8) is 0 Å². The third-order valence-corrected chi connectivity index (χ3v) is 4.10. The number of aliphatic hydroxyl groups excluding tert-OH is 1. The van der Waals surface area contributed by atoms with Crippen molar-refractivity contribution in [2.45, 2.75) is 45.2 Å². The summed E-state index contributed by atoms with van der Waals surface area (Å²) < 4.78 is 5.35. The molecule has 96 valence electrons. The zero-order valence-corrected chi connectivity index (χ0v) is 10.7. The molecule has 1 aromatic rings. The molecule has 0 bridgehead atoms. The lowest BCUT2D eigenvalue weighted by atomic mass is 9.79. The lowest BCUT2D eigenvalue weighted by Gasteiger charge is -2.34. The van der Waals surface area contributed by atoms with Gasteiger partial charge in [0, 0.05) is 6.04 Å². The normalized spacial score (nSPS) is 31.4. The summed E-state index contributed by atoms with van der Waals surface area (Å²) in [7, 11) is 0. The fourth-order valence-electron chi connectivity index (χ4n) is 2.70. The SMILES string of the molecule is C[C@@H]1CC[C@H](N[C@@H](CO)c2ccco2)C[C@H]1C. The molecule has 0 amide bonds. The second-order valence-electron chi connectivity index (χ2n) is 5.38. The first-order chi connectivity index (χ1) is 8.20.